The van der Waals surface area contributed by atoms with Crippen LogP contribution in [-0.4, -0.2) is 32.0 Å². The number of amides is 2. The molecule has 2 heterocycles. The van der Waals surface area contributed by atoms with Crippen molar-refractivity contribution in [2.75, 3.05) is 0 Å². The van der Waals surface area contributed by atoms with Crippen molar-refractivity contribution >= 4 is 17.5 Å². The lowest BCUT2D eigenvalue weighted by molar-refractivity contribution is -0.122. The van der Waals surface area contributed by atoms with Crippen LogP contribution in [-0.2, 0) is 17.9 Å². The number of hydrogen-bond donors (Lipinski definition) is 2. The molecule has 2 amide bonds. The van der Waals surface area contributed by atoms with Gasteiger partial charge in [0.05, 0.1) is 5.56 Å². The molecule has 29 heavy (non-hydrogen) atoms. The number of aromatic nitrogens is 3. The Bertz CT molecular complexity index is 1080. The molecule has 2 N–H and O–H groups in total. The van der Waals surface area contributed by atoms with Crippen molar-refractivity contribution in [1.82, 2.24) is 24.8 Å². The van der Waals surface area contributed by atoms with Crippen molar-refractivity contribution < 1.29 is 9.59 Å². The summed E-state index contributed by atoms with van der Waals surface area (Å²) in [6, 6.07) is 11.1. The summed E-state index contributed by atoms with van der Waals surface area (Å²) in [5.41, 5.74) is 2.39. The second kappa shape index (κ2) is 8.72. The minimum Gasteiger partial charge on any atom is -0.352 e. The summed E-state index contributed by atoms with van der Waals surface area (Å²) in [7, 11) is 0. The zero-order chi connectivity index (χ0) is 21.0. The Morgan fingerprint density at radius 3 is 2.55 bits per heavy atom. The third-order valence-corrected chi connectivity index (χ3v) is 4.73. The summed E-state index contributed by atoms with van der Waals surface area (Å²) in [5, 5.41) is 9.81. The lowest BCUT2D eigenvalue weighted by Crippen LogP contribution is -2.37. The van der Waals surface area contributed by atoms with Crippen LogP contribution in [0.4, 0.5) is 0 Å². The summed E-state index contributed by atoms with van der Waals surface area (Å²) in [6.45, 7) is 6.09. The number of benzene rings is 1. The predicted molar refractivity (Wildman–Crippen MR) is 110 cm³/mol. The average Bonchev–Trinajstić information content (AvgIpc) is 3.01. The minimum absolute atomic E-state index is 0.0269. The number of nitrogens with zero attached hydrogens (tertiary/aromatic N) is 3. The number of carbonyl (C=O) groups is 2. The van der Waals surface area contributed by atoms with Gasteiger partial charge in [0.1, 0.15) is 6.54 Å². The summed E-state index contributed by atoms with van der Waals surface area (Å²) in [6.07, 6.45) is 2.24. The normalized spacial score (nSPS) is 12.0. The van der Waals surface area contributed by atoms with Gasteiger partial charge in [0.25, 0.3) is 5.91 Å². The number of rotatable bonds is 7. The first-order valence-corrected chi connectivity index (χ1v) is 9.59. The van der Waals surface area contributed by atoms with Crippen LogP contribution in [0.2, 0.25) is 0 Å². The van der Waals surface area contributed by atoms with Crippen molar-refractivity contribution in [2.24, 2.45) is 0 Å². The molecular weight excluding hydrogens is 370 g/mol. The van der Waals surface area contributed by atoms with Crippen LogP contribution in [0.15, 0.2) is 47.4 Å². The lowest BCUT2D eigenvalue weighted by Gasteiger charge is -2.10. The summed E-state index contributed by atoms with van der Waals surface area (Å²) in [4.78, 5) is 37.1. The molecule has 2 aromatic heterocycles. The third kappa shape index (κ3) is 4.90. The van der Waals surface area contributed by atoms with E-state index in [9.17, 15) is 14.4 Å². The smallest absolute Gasteiger partial charge is 0.350 e. The first kappa shape index (κ1) is 20.3. The second-order valence-electron chi connectivity index (χ2n) is 7.13. The largest absolute Gasteiger partial charge is 0.352 e. The maximum absolute atomic E-state index is 12.6. The standard InChI is InChI=1S/C21H25N5O3/c1-4-15(3)23-19(27)13-26-21(29)25-12-17(9-10-18(25)24-26)20(28)22-11-16-7-5-14(2)6-8-16/h5-10,12,15H,4,11,13H2,1-3H3,(H,22,28)(H,23,27)/t15-/m1/s1. The Hall–Kier alpha value is -3.42. The number of fused-ring (bicyclic) bond motifs is 1. The highest BCUT2D eigenvalue weighted by atomic mass is 16.2. The van der Waals surface area contributed by atoms with Gasteiger partial charge in [0.15, 0.2) is 5.65 Å². The fourth-order valence-electron chi connectivity index (χ4n) is 2.80. The third-order valence-electron chi connectivity index (χ3n) is 4.73. The van der Waals surface area contributed by atoms with E-state index in [0.29, 0.717) is 17.8 Å². The van der Waals surface area contributed by atoms with Gasteiger partial charge in [-0.1, -0.05) is 36.8 Å². The molecule has 0 aliphatic heterocycles. The summed E-state index contributed by atoms with van der Waals surface area (Å²) in [5.74, 6) is -0.567. The van der Waals surface area contributed by atoms with Gasteiger partial charge in [0.2, 0.25) is 5.91 Å². The molecule has 0 unspecified atom stereocenters. The number of nitrogens with one attached hydrogen (secondary N) is 2. The lowest BCUT2D eigenvalue weighted by atomic mass is 10.1. The van der Waals surface area contributed by atoms with Crippen molar-refractivity contribution in [3.63, 3.8) is 0 Å². The van der Waals surface area contributed by atoms with Crippen LogP contribution >= 0.6 is 0 Å². The van der Waals surface area contributed by atoms with Gasteiger partial charge in [0, 0.05) is 18.8 Å². The molecule has 1 aromatic carbocycles. The Labute approximate surface area is 168 Å². The van der Waals surface area contributed by atoms with E-state index in [4.69, 9.17) is 0 Å². The maximum atomic E-state index is 12.6. The fourth-order valence-corrected chi connectivity index (χ4v) is 2.80. The SMILES string of the molecule is CC[C@@H](C)NC(=O)Cn1nc2ccc(C(=O)NCc3ccc(C)cc3)cn2c1=O. The Balaban J connectivity index is 1.73. The zero-order valence-corrected chi connectivity index (χ0v) is 16.8. The predicted octanol–water partition coefficient (Wildman–Crippen LogP) is 1.65. The van der Waals surface area contributed by atoms with E-state index in [1.807, 2.05) is 45.0 Å². The highest BCUT2D eigenvalue weighted by Crippen LogP contribution is 2.05. The van der Waals surface area contributed by atoms with Gasteiger partial charge in [-0.3, -0.25) is 9.59 Å². The number of carbonyl (C=O) groups excluding carboxylic acids is 2. The molecule has 0 radical (unpaired) electrons. The molecule has 0 spiro atoms. The second-order valence-corrected chi connectivity index (χ2v) is 7.13. The molecule has 8 nitrogen and oxygen atoms in total. The molecule has 8 heteroatoms. The van der Waals surface area contributed by atoms with Gasteiger partial charge in [-0.25, -0.2) is 13.9 Å². The Morgan fingerprint density at radius 1 is 1.14 bits per heavy atom. The molecule has 3 aromatic rings. The van der Waals surface area contributed by atoms with Crippen LogP contribution in [0, 0.1) is 6.92 Å². The fraction of sp³-hybridized carbons (Fsp3) is 0.333. The van der Waals surface area contributed by atoms with E-state index in [1.165, 1.54) is 10.6 Å². The number of pyridine rings is 1. The van der Waals surface area contributed by atoms with Crippen molar-refractivity contribution in [2.45, 2.75) is 46.3 Å². The van der Waals surface area contributed by atoms with Gasteiger partial charge >= 0.3 is 5.69 Å². The first-order valence-electron chi connectivity index (χ1n) is 9.59. The van der Waals surface area contributed by atoms with E-state index in [2.05, 4.69) is 15.7 Å². The molecule has 152 valence electrons. The van der Waals surface area contributed by atoms with Gasteiger partial charge in [-0.2, -0.15) is 0 Å². The molecule has 0 saturated heterocycles. The van der Waals surface area contributed by atoms with Crippen LogP contribution in [0.3, 0.4) is 0 Å². The first-order chi connectivity index (χ1) is 13.9. The number of aryl methyl sites for hydroxylation is 1. The topological polar surface area (TPSA) is 97.5 Å². The maximum Gasteiger partial charge on any atom is 0.350 e. The summed E-state index contributed by atoms with van der Waals surface area (Å²) < 4.78 is 2.37. The van der Waals surface area contributed by atoms with Crippen molar-refractivity contribution in [1.29, 1.82) is 0 Å². The molecule has 0 aliphatic carbocycles. The van der Waals surface area contributed by atoms with Crippen LogP contribution in [0.5, 0.6) is 0 Å². The monoisotopic (exact) mass is 395 g/mol. The van der Waals surface area contributed by atoms with Crippen LogP contribution < -0.4 is 16.3 Å². The van der Waals surface area contributed by atoms with Crippen LogP contribution in [0.1, 0.15) is 41.8 Å². The van der Waals surface area contributed by atoms with Gasteiger partial charge < -0.3 is 10.6 Å². The quantitative estimate of drug-likeness (QED) is 0.636. The molecule has 1 atom stereocenters. The van der Waals surface area contributed by atoms with Crippen LogP contribution in [0.25, 0.3) is 5.65 Å². The molecule has 3 rings (SSSR count). The molecule has 0 saturated carbocycles. The molecule has 0 bridgehead atoms. The highest BCUT2D eigenvalue weighted by molar-refractivity contribution is 5.94. The Morgan fingerprint density at radius 2 is 1.86 bits per heavy atom. The highest BCUT2D eigenvalue weighted by Gasteiger charge is 2.14. The van der Waals surface area contributed by atoms with E-state index in [1.54, 1.807) is 12.1 Å². The van der Waals surface area contributed by atoms with Gasteiger partial charge in [-0.05, 0) is 38.0 Å². The summed E-state index contributed by atoms with van der Waals surface area (Å²) >= 11 is 0. The van der Waals surface area contributed by atoms with Crippen molar-refractivity contribution in [3.8, 4) is 0 Å². The van der Waals surface area contributed by atoms with Gasteiger partial charge in [-0.15, -0.1) is 5.10 Å². The van der Waals surface area contributed by atoms with Crippen molar-refractivity contribution in [3.05, 3.63) is 69.8 Å². The number of hydrogen-bond acceptors (Lipinski definition) is 4. The van der Waals surface area contributed by atoms with E-state index in [0.717, 1.165) is 22.2 Å². The average molecular weight is 395 g/mol. The molecular formula is C21H25N5O3. The molecule has 0 fully saturated rings. The zero-order valence-electron chi connectivity index (χ0n) is 16.8. The van der Waals surface area contributed by atoms with E-state index >= 15 is 0 Å². The minimum atomic E-state index is -0.465. The van der Waals surface area contributed by atoms with E-state index in [-0.39, 0.29) is 24.4 Å². The van der Waals surface area contributed by atoms with E-state index < -0.39 is 5.69 Å². The Kier molecular flexibility index (Phi) is 6.11. The molecule has 0 aliphatic rings.